The summed E-state index contributed by atoms with van der Waals surface area (Å²) in [7, 11) is 0. The zero-order chi connectivity index (χ0) is 18.7. The number of ether oxygens (including phenoxy) is 2. The summed E-state index contributed by atoms with van der Waals surface area (Å²) >= 11 is 6.30. The Kier molecular flexibility index (Phi) is 5.73. The van der Waals surface area contributed by atoms with Gasteiger partial charge in [0.05, 0.1) is 30.5 Å². The molecule has 2 aliphatic rings. The van der Waals surface area contributed by atoms with Gasteiger partial charge in [0.25, 0.3) is 0 Å². The lowest BCUT2D eigenvalue weighted by atomic mass is 9.96. The second-order valence-electron chi connectivity index (χ2n) is 7.60. The molecule has 0 atom stereocenters. The van der Waals surface area contributed by atoms with Crippen molar-refractivity contribution in [2.45, 2.75) is 33.0 Å². The highest BCUT2D eigenvalue weighted by molar-refractivity contribution is 6.32. The fraction of sp³-hybridized carbons (Fsp3) is 0.526. The molecule has 1 aliphatic carbocycles. The minimum atomic E-state index is -0.388. The van der Waals surface area contributed by atoms with Gasteiger partial charge in [0.2, 0.25) is 0 Å². The van der Waals surface area contributed by atoms with E-state index in [9.17, 15) is 0 Å². The smallest absolute Gasteiger partial charge is 0.176 e. The van der Waals surface area contributed by atoms with Crippen LogP contribution in [0.3, 0.4) is 0 Å². The molecule has 0 unspecified atom stereocenters. The topological polar surface area (TPSA) is 86.6 Å². The molecule has 1 saturated heterocycles. The van der Waals surface area contributed by atoms with Gasteiger partial charge in [-0.3, -0.25) is 4.98 Å². The summed E-state index contributed by atoms with van der Waals surface area (Å²) in [6, 6.07) is 1.77. The lowest BCUT2D eigenvalue weighted by Crippen LogP contribution is -2.44. The molecule has 140 valence electrons. The van der Waals surface area contributed by atoms with Crippen LogP contribution in [0.1, 0.15) is 37.9 Å². The zero-order valence-corrected chi connectivity index (χ0v) is 15.9. The maximum absolute atomic E-state index is 6.30. The number of nitrogens with zero attached hydrogens (tertiary/aromatic N) is 2. The Balaban J connectivity index is 1.60. The van der Waals surface area contributed by atoms with E-state index in [0.717, 1.165) is 5.56 Å². The lowest BCUT2D eigenvalue weighted by molar-refractivity contribution is -0.225. The summed E-state index contributed by atoms with van der Waals surface area (Å²) in [5.41, 5.74) is 7.76. The first-order chi connectivity index (χ1) is 12.3. The molecule has 1 saturated carbocycles. The van der Waals surface area contributed by atoms with E-state index in [1.807, 2.05) is 0 Å². The molecule has 1 aromatic rings. The third-order valence-electron chi connectivity index (χ3n) is 4.10. The van der Waals surface area contributed by atoms with E-state index >= 15 is 0 Å². The van der Waals surface area contributed by atoms with Crippen molar-refractivity contribution >= 4 is 17.3 Å². The lowest BCUT2D eigenvalue weighted by Gasteiger charge is -2.35. The van der Waals surface area contributed by atoms with Gasteiger partial charge in [-0.15, -0.1) is 0 Å². The Bertz CT molecular complexity index is 740. The van der Waals surface area contributed by atoms with Crippen LogP contribution in [0.25, 0.3) is 5.70 Å². The highest BCUT2D eigenvalue weighted by atomic mass is 35.5. The van der Waals surface area contributed by atoms with Gasteiger partial charge in [0.15, 0.2) is 6.29 Å². The number of hydrazine groups is 1. The number of nitrogens with two attached hydrogens (primary N) is 2. The maximum atomic E-state index is 6.30. The molecule has 2 fully saturated rings. The molecule has 0 radical (unpaired) electrons. The second kappa shape index (κ2) is 7.85. The van der Waals surface area contributed by atoms with Crippen LogP contribution < -0.4 is 11.6 Å². The van der Waals surface area contributed by atoms with Crippen molar-refractivity contribution in [1.29, 1.82) is 0 Å². The van der Waals surface area contributed by atoms with Crippen LogP contribution in [0.4, 0.5) is 0 Å². The van der Waals surface area contributed by atoms with Gasteiger partial charge in [-0.25, -0.2) is 5.84 Å². The van der Waals surface area contributed by atoms with Crippen molar-refractivity contribution in [3.05, 3.63) is 34.7 Å². The molecule has 1 aromatic heterocycles. The molecule has 1 aliphatic heterocycles. The van der Waals surface area contributed by atoms with Crippen LogP contribution in [0.15, 0.2) is 18.5 Å². The van der Waals surface area contributed by atoms with Crippen LogP contribution in [-0.4, -0.2) is 36.0 Å². The van der Waals surface area contributed by atoms with Crippen molar-refractivity contribution in [3.63, 3.8) is 0 Å². The summed E-state index contributed by atoms with van der Waals surface area (Å²) in [6.07, 6.45) is 5.23. The molecule has 4 N–H and O–H groups in total. The third-order valence-corrected chi connectivity index (χ3v) is 4.39. The van der Waals surface area contributed by atoms with Gasteiger partial charge in [-0.05, 0) is 18.9 Å². The Hall–Kier alpha value is -1.78. The molecule has 26 heavy (non-hydrogen) atoms. The van der Waals surface area contributed by atoms with E-state index in [1.165, 1.54) is 17.9 Å². The fourth-order valence-corrected chi connectivity index (χ4v) is 2.70. The summed E-state index contributed by atoms with van der Waals surface area (Å²) < 4.78 is 11.3. The highest BCUT2D eigenvalue weighted by Gasteiger charge is 2.28. The van der Waals surface area contributed by atoms with Gasteiger partial charge in [-0.1, -0.05) is 37.3 Å². The molecule has 2 heterocycles. The number of hydrogen-bond donors (Lipinski definition) is 2. The molecule has 0 spiro atoms. The number of pyridine rings is 1. The molecule has 0 aromatic carbocycles. The fourth-order valence-electron chi connectivity index (χ4n) is 2.43. The van der Waals surface area contributed by atoms with E-state index in [2.05, 4.69) is 30.7 Å². The SMILES string of the molecule is CC1(C)COC(CN(N)/C=C(\N)c2ncc(C#CC3CC3)cc2Cl)OC1. The number of aromatic nitrogens is 1. The predicted octanol–water partition coefficient (Wildman–Crippen LogP) is 2.33. The normalized spacial score (nSPS) is 20.4. The Labute approximate surface area is 159 Å². The van der Waals surface area contributed by atoms with E-state index in [-0.39, 0.29) is 11.7 Å². The monoisotopic (exact) mass is 376 g/mol. The first-order valence-corrected chi connectivity index (χ1v) is 9.09. The minimum absolute atomic E-state index is 0.0202. The molecular formula is C19H25ClN4O2. The van der Waals surface area contributed by atoms with E-state index in [1.54, 1.807) is 18.5 Å². The van der Waals surface area contributed by atoms with Crippen molar-refractivity contribution < 1.29 is 9.47 Å². The van der Waals surface area contributed by atoms with E-state index in [0.29, 0.717) is 42.1 Å². The summed E-state index contributed by atoms with van der Waals surface area (Å²) in [5.74, 6) is 12.8. The Morgan fingerprint density at radius 3 is 2.73 bits per heavy atom. The standard InChI is InChI=1S/C19H25ClN4O2/c1-19(2)11-25-17(26-12-19)10-24(22)9-16(21)18-15(20)7-14(8-23-18)6-5-13-3-4-13/h7-9,13,17H,3-4,10-12,21-22H2,1-2H3/b16-9-. The maximum Gasteiger partial charge on any atom is 0.176 e. The summed E-state index contributed by atoms with van der Waals surface area (Å²) in [5, 5.41) is 1.87. The number of halogens is 1. The first-order valence-electron chi connectivity index (χ1n) is 8.72. The van der Waals surface area contributed by atoms with Crippen LogP contribution in [-0.2, 0) is 9.47 Å². The molecular weight excluding hydrogens is 352 g/mol. The minimum Gasteiger partial charge on any atom is -0.396 e. The van der Waals surface area contributed by atoms with Gasteiger partial charge >= 0.3 is 0 Å². The summed E-state index contributed by atoms with van der Waals surface area (Å²) in [6.45, 7) is 5.80. The number of rotatable bonds is 4. The first kappa shape index (κ1) is 19.0. The Morgan fingerprint density at radius 1 is 1.42 bits per heavy atom. The van der Waals surface area contributed by atoms with Crippen molar-refractivity contribution in [2.75, 3.05) is 19.8 Å². The van der Waals surface area contributed by atoms with Crippen LogP contribution in [0.5, 0.6) is 0 Å². The van der Waals surface area contributed by atoms with Gasteiger partial charge in [0, 0.05) is 29.3 Å². The van der Waals surface area contributed by atoms with Gasteiger partial charge in [0.1, 0.15) is 5.69 Å². The van der Waals surface area contributed by atoms with Crippen molar-refractivity contribution in [2.24, 2.45) is 22.9 Å². The molecule has 6 nitrogen and oxygen atoms in total. The van der Waals surface area contributed by atoms with Crippen molar-refractivity contribution in [3.8, 4) is 11.8 Å². The van der Waals surface area contributed by atoms with E-state index < -0.39 is 0 Å². The van der Waals surface area contributed by atoms with Gasteiger partial charge in [-0.2, -0.15) is 0 Å². The molecule has 0 amide bonds. The Morgan fingerprint density at radius 2 is 2.12 bits per heavy atom. The molecule has 0 bridgehead atoms. The van der Waals surface area contributed by atoms with Crippen LogP contribution in [0.2, 0.25) is 5.02 Å². The zero-order valence-electron chi connectivity index (χ0n) is 15.2. The van der Waals surface area contributed by atoms with Gasteiger partial charge < -0.3 is 20.2 Å². The third kappa shape index (κ3) is 5.36. The van der Waals surface area contributed by atoms with Crippen LogP contribution in [0, 0.1) is 23.2 Å². The van der Waals surface area contributed by atoms with E-state index in [4.69, 9.17) is 32.7 Å². The molecule has 3 rings (SSSR count). The summed E-state index contributed by atoms with van der Waals surface area (Å²) in [4.78, 5) is 4.32. The largest absolute Gasteiger partial charge is 0.396 e. The average Bonchev–Trinajstić information content (AvgIpc) is 3.39. The second-order valence-corrected chi connectivity index (χ2v) is 8.00. The molecule has 7 heteroatoms. The number of hydrogen-bond acceptors (Lipinski definition) is 6. The van der Waals surface area contributed by atoms with Crippen molar-refractivity contribution in [1.82, 2.24) is 9.99 Å². The average molecular weight is 377 g/mol. The predicted molar refractivity (Wildman–Crippen MR) is 101 cm³/mol. The van der Waals surface area contributed by atoms with Crippen LogP contribution >= 0.6 is 11.6 Å². The quantitative estimate of drug-likeness (QED) is 0.476. The highest BCUT2D eigenvalue weighted by Crippen LogP contribution is 2.28.